The summed E-state index contributed by atoms with van der Waals surface area (Å²) < 4.78 is 38.9. The lowest BCUT2D eigenvalue weighted by molar-refractivity contribution is 0.103. The molecule has 0 aliphatic heterocycles. The van der Waals surface area contributed by atoms with Gasteiger partial charge in [-0.15, -0.1) is 11.3 Å². The normalized spacial score (nSPS) is 10.7. The molecule has 0 saturated carbocycles. The molecule has 0 amide bonds. The molecule has 2 rings (SSSR count). The van der Waals surface area contributed by atoms with Crippen molar-refractivity contribution in [3.8, 4) is 0 Å². The SMILES string of the molecule is Cc1cc(C(=O)c2cc(F)c(F)c(F)c2)c(C)s1. The minimum atomic E-state index is -1.57. The second kappa shape index (κ2) is 4.57. The van der Waals surface area contributed by atoms with Gasteiger partial charge < -0.3 is 0 Å². The number of hydrogen-bond donors (Lipinski definition) is 0. The third-order valence-electron chi connectivity index (χ3n) is 2.53. The van der Waals surface area contributed by atoms with Crippen molar-refractivity contribution in [1.29, 1.82) is 0 Å². The number of carbonyl (C=O) groups excluding carboxylic acids is 1. The van der Waals surface area contributed by atoms with Gasteiger partial charge in [0, 0.05) is 20.9 Å². The second-order valence-corrected chi connectivity index (χ2v) is 5.37. The summed E-state index contributed by atoms with van der Waals surface area (Å²) in [6.45, 7) is 3.58. The number of benzene rings is 1. The van der Waals surface area contributed by atoms with E-state index in [0.717, 1.165) is 9.75 Å². The number of halogens is 3. The van der Waals surface area contributed by atoms with E-state index in [9.17, 15) is 18.0 Å². The fourth-order valence-electron chi connectivity index (χ4n) is 1.70. The van der Waals surface area contributed by atoms with Crippen molar-refractivity contribution in [2.45, 2.75) is 13.8 Å². The van der Waals surface area contributed by atoms with Gasteiger partial charge in [-0.2, -0.15) is 0 Å². The first-order chi connectivity index (χ1) is 8.40. The molecule has 1 aromatic heterocycles. The van der Waals surface area contributed by atoms with E-state index in [1.807, 2.05) is 6.92 Å². The van der Waals surface area contributed by atoms with E-state index < -0.39 is 23.2 Å². The van der Waals surface area contributed by atoms with Crippen LogP contribution in [0.1, 0.15) is 25.7 Å². The van der Waals surface area contributed by atoms with Crippen LogP contribution in [0.5, 0.6) is 0 Å². The molecular formula is C13H9F3OS. The Labute approximate surface area is 106 Å². The van der Waals surface area contributed by atoms with Crippen molar-refractivity contribution in [2.24, 2.45) is 0 Å². The van der Waals surface area contributed by atoms with E-state index in [-0.39, 0.29) is 5.56 Å². The predicted molar refractivity (Wildman–Crippen MR) is 63.5 cm³/mol. The Morgan fingerprint density at radius 3 is 2.06 bits per heavy atom. The molecule has 18 heavy (non-hydrogen) atoms. The molecule has 0 aliphatic rings. The van der Waals surface area contributed by atoms with Crippen LogP contribution in [-0.2, 0) is 0 Å². The van der Waals surface area contributed by atoms with Crippen molar-refractivity contribution >= 4 is 17.1 Å². The first kappa shape index (κ1) is 12.8. The largest absolute Gasteiger partial charge is 0.289 e. The average molecular weight is 270 g/mol. The van der Waals surface area contributed by atoms with E-state index in [1.165, 1.54) is 11.3 Å². The Morgan fingerprint density at radius 2 is 1.61 bits per heavy atom. The Bertz CT molecular complexity index is 608. The van der Waals surface area contributed by atoms with Gasteiger partial charge in [-0.05, 0) is 32.0 Å². The Kier molecular flexibility index (Phi) is 3.26. The molecule has 1 nitrogen and oxygen atoms in total. The molecule has 1 aromatic carbocycles. The van der Waals surface area contributed by atoms with Gasteiger partial charge in [0.2, 0.25) is 0 Å². The van der Waals surface area contributed by atoms with Crippen LogP contribution in [0.2, 0.25) is 0 Å². The van der Waals surface area contributed by atoms with Crippen molar-refractivity contribution in [3.05, 3.63) is 56.5 Å². The van der Waals surface area contributed by atoms with Gasteiger partial charge in [0.1, 0.15) is 0 Å². The van der Waals surface area contributed by atoms with E-state index in [0.29, 0.717) is 17.7 Å². The van der Waals surface area contributed by atoms with Crippen LogP contribution in [0.25, 0.3) is 0 Å². The van der Waals surface area contributed by atoms with E-state index in [2.05, 4.69) is 0 Å². The Balaban J connectivity index is 2.50. The quantitative estimate of drug-likeness (QED) is 0.595. The second-order valence-electron chi connectivity index (χ2n) is 3.91. The highest BCUT2D eigenvalue weighted by Crippen LogP contribution is 2.24. The molecule has 0 atom stereocenters. The summed E-state index contributed by atoms with van der Waals surface area (Å²) in [5.74, 6) is -4.79. The molecule has 1 heterocycles. The minimum absolute atomic E-state index is 0.188. The lowest BCUT2D eigenvalue weighted by Gasteiger charge is -2.02. The smallest absolute Gasteiger partial charge is 0.194 e. The first-order valence-corrected chi connectivity index (χ1v) is 5.98. The molecule has 0 aliphatic carbocycles. The standard InChI is InChI=1S/C13H9F3OS/c1-6-3-9(7(2)18-6)13(17)8-4-10(14)12(16)11(15)5-8/h3-5H,1-2H3. The van der Waals surface area contributed by atoms with Gasteiger partial charge in [-0.25, -0.2) is 13.2 Å². The summed E-state index contributed by atoms with van der Waals surface area (Å²) >= 11 is 1.42. The number of ketones is 1. The maximum atomic E-state index is 13.1. The highest BCUT2D eigenvalue weighted by Gasteiger charge is 2.18. The Morgan fingerprint density at radius 1 is 1.06 bits per heavy atom. The zero-order chi connectivity index (χ0) is 13.4. The summed E-state index contributed by atoms with van der Waals surface area (Å²) in [7, 11) is 0. The monoisotopic (exact) mass is 270 g/mol. The van der Waals surface area contributed by atoms with Crippen molar-refractivity contribution in [2.75, 3.05) is 0 Å². The summed E-state index contributed by atoms with van der Waals surface area (Å²) in [4.78, 5) is 13.7. The van der Waals surface area contributed by atoms with Crippen molar-refractivity contribution in [3.63, 3.8) is 0 Å². The number of rotatable bonds is 2. The molecule has 0 N–H and O–H groups in total. The lowest BCUT2D eigenvalue weighted by Crippen LogP contribution is -2.04. The molecule has 2 aromatic rings. The van der Waals surface area contributed by atoms with Gasteiger partial charge >= 0.3 is 0 Å². The van der Waals surface area contributed by atoms with Crippen LogP contribution in [0.3, 0.4) is 0 Å². The van der Waals surface area contributed by atoms with Crippen LogP contribution in [-0.4, -0.2) is 5.78 Å². The summed E-state index contributed by atoms with van der Waals surface area (Å²) in [6, 6.07) is 3.09. The van der Waals surface area contributed by atoms with Crippen molar-refractivity contribution in [1.82, 2.24) is 0 Å². The molecule has 0 unspecified atom stereocenters. The summed E-state index contributed by atoms with van der Waals surface area (Å²) in [5.41, 5.74) is 0.204. The van der Waals surface area contributed by atoms with Crippen molar-refractivity contribution < 1.29 is 18.0 Å². The van der Waals surface area contributed by atoms with Gasteiger partial charge in [0.15, 0.2) is 23.2 Å². The van der Waals surface area contributed by atoms with Gasteiger partial charge in [-0.3, -0.25) is 4.79 Å². The average Bonchev–Trinajstić information content (AvgIpc) is 2.63. The van der Waals surface area contributed by atoms with E-state index in [1.54, 1.807) is 13.0 Å². The number of hydrogen-bond acceptors (Lipinski definition) is 2. The minimum Gasteiger partial charge on any atom is -0.289 e. The predicted octanol–water partition coefficient (Wildman–Crippen LogP) is 4.01. The molecule has 0 saturated heterocycles. The zero-order valence-electron chi connectivity index (χ0n) is 9.68. The topological polar surface area (TPSA) is 17.1 Å². The fourth-order valence-corrected chi connectivity index (χ4v) is 2.62. The number of aryl methyl sites for hydroxylation is 2. The van der Waals surface area contributed by atoms with Crippen LogP contribution in [0.4, 0.5) is 13.2 Å². The number of carbonyl (C=O) groups is 1. The van der Waals surface area contributed by atoms with Gasteiger partial charge in [-0.1, -0.05) is 0 Å². The fraction of sp³-hybridized carbons (Fsp3) is 0.154. The molecule has 0 radical (unpaired) electrons. The number of thiophene rings is 1. The molecular weight excluding hydrogens is 261 g/mol. The molecule has 94 valence electrons. The van der Waals surface area contributed by atoms with Gasteiger partial charge in [0.25, 0.3) is 0 Å². The Hall–Kier alpha value is -1.62. The van der Waals surface area contributed by atoms with Crippen LogP contribution in [0.15, 0.2) is 18.2 Å². The van der Waals surface area contributed by atoms with Crippen LogP contribution in [0, 0.1) is 31.3 Å². The highest BCUT2D eigenvalue weighted by molar-refractivity contribution is 7.12. The highest BCUT2D eigenvalue weighted by atomic mass is 32.1. The maximum Gasteiger partial charge on any atom is 0.194 e. The van der Waals surface area contributed by atoms with Crippen LogP contribution < -0.4 is 0 Å². The van der Waals surface area contributed by atoms with Crippen LogP contribution >= 0.6 is 11.3 Å². The third kappa shape index (κ3) is 2.18. The lowest BCUT2D eigenvalue weighted by atomic mass is 10.0. The zero-order valence-corrected chi connectivity index (χ0v) is 10.5. The van der Waals surface area contributed by atoms with E-state index in [4.69, 9.17) is 0 Å². The molecule has 0 fully saturated rings. The molecule has 0 spiro atoms. The van der Waals surface area contributed by atoms with E-state index >= 15 is 0 Å². The molecule has 5 heteroatoms. The first-order valence-electron chi connectivity index (χ1n) is 5.16. The maximum absolute atomic E-state index is 13.1. The van der Waals surface area contributed by atoms with Gasteiger partial charge in [0.05, 0.1) is 0 Å². The molecule has 0 bridgehead atoms. The third-order valence-corrected chi connectivity index (χ3v) is 3.50. The summed E-state index contributed by atoms with van der Waals surface area (Å²) in [5, 5.41) is 0. The summed E-state index contributed by atoms with van der Waals surface area (Å²) in [6.07, 6.45) is 0.